The molecule has 0 aliphatic carbocycles. The van der Waals surface area contributed by atoms with Gasteiger partial charge in [0, 0.05) is 24.7 Å². The van der Waals surface area contributed by atoms with E-state index < -0.39 is 0 Å². The second-order valence-corrected chi connectivity index (χ2v) is 6.42. The molecule has 3 aromatic rings. The van der Waals surface area contributed by atoms with Gasteiger partial charge in [-0.3, -0.25) is 9.48 Å². The molecule has 1 aromatic carbocycles. The highest BCUT2D eigenvalue weighted by Crippen LogP contribution is 2.32. The summed E-state index contributed by atoms with van der Waals surface area (Å²) in [6.07, 6.45) is 0.752. The number of para-hydroxylation sites is 1. The van der Waals surface area contributed by atoms with Gasteiger partial charge in [0.05, 0.1) is 29.3 Å². The zero-order chi connectivity index (χ0) is 17.6. The maximum Gasteiger partial charge on any atom is 0.252 e. The average Bonchev–Trinajstić information content (AvgIpc) is 2.88. The van der Waals surface area contributed by atoms with Gasteiger partial charge in [0.15, 0.2) is 5.65 Å². The summed E-state index contributed by atoms with van der Waals surface area (Å²) in [4.78, 5) is 17.6. The standard InChI is InChI=1S/C19H20N4O2/c1-11-10-14(17-12(2)22-23(3)18(17)20-11)19(24)21-15-8-9-25-16-7-5-4-6-13(15)16/h4-7,10,15H,8-9H2,1-3H3,(H,21,24)/t15-/m0/s1. The predicted octanol–water partition coefficient (Wildman–Crippen LogP) is 2.84. The first-order valence-electron chi connectivity index (χ1n) is 8.38. The molecule has 3 heterocycles. The Morgan fingerprint density at radius 2 is 2.12 bits per heavy atom. The molecule has 2 aromatic heterocycles. The number of pyridine rings is 1. The molecule has 6 heteroatoms. The summed E-state index contributed by atoms with van der Waals surface area (Å²) < 4.78 is 7.40. The van der Waals surface area contributed by atoms with Gasteiger partial charge in [-0.25, -0.2) is 4.98 Å². The number of fused-ring (bicyclic) bond motifs is 2. The molecular formula is C19H20N4O2. The van der Waals surface area contributed by atoms with E-state index in [4.69, 9.17) is 4.74 Å². The molecule has 0 unspecified atom stereocenters. The van der Waals surface area contributed by atoms with Crippen molar-refractivity contribution in [1.29, 1.82) is 0 Å². The van der Waals surface area contributed by atoms with E-state index in [0.29, 0.717) is 12.2 Å². The number of carbonyl (C=O) groups is 1. The average molecular weight is 336 g/mol. The number of nitrogens with one attached hydrogen (secondary N) is 1. The van der Waals surface area contributed by atoms with Crippen molar-refractivity contribution in [2.24, 2.45) is 7.05 Å². The van der Waals surface area contributed by atoms with Crippen molar-refractivity contribution in [3.05, 3.63) is 52.8 Å². The van der Waals surface area contributed by atoms with Gasteiger partial charge in [-0.05, 0) is 26.0 Å². The quantitative estimate of drug-likeness (QED) is 0.781. The van der Waals surface area contributed by atoms with Crippen LogP contribution in [0.2, 0.25) is 0 Å². The lowest BCUT2D eigenvalue weighted by Gasteiger charge is -2.26. The van der Waals surface area contributed by atoms with Crippen molar-refractivity contribution in [2.45, 2.75) is 26.3 Å². The van der Waals surface area contributed by atoms with Crippen molar-refractivity contribution in [2.75, 3.05) is 6.61 Å². The number of amides is 1. The van der Waals surface area contributed by atoms with Gasteiger partial charge in [-0.2, -0.15) is 5.10 Å². The third kappa shape index (κ3) is 2.63. The normalized spacial score (nSPS) is 16.4. The number of benzene rings is 1. The van der Waals surface area contributed by atoms with Crippen LogP contribution in [0.1, 0.15) is 39.8 Å². The van der Waals surface area contributed by atoms with E-state index in [9.17, 15) is 4.79 Å². The Balaban J connectivity index is 1.72. The van der Waals surface area contributed by atoms with Crippen molar-refractivity contribution < 1.29 is 9.53 Å². The van der Waals surface area contributed by atoms with Crippen LogP contribution in [0, 0.1) is 13.8 Å². The van der Waals surface area contributed by atoms with Crippen LogP contribution >= 0.6 is 0 Å². The Kier molecular flexibility index (Phi) is 3.67. The monoisotopic (exact) mass is 336 g/mol. The molecule has 4 rings (SSSR count). The van der Waals surface area contributed by atoms with Crippen molar-refractivity contribution >= 4 is 16.9 Å². The zero-order valence-corrected chi connectivity index (χ0v) is 14.5. The summed E-state index contributed by atoms with van der Waals surface area (Å²) in [6.45, 7) is 4.39. The van der Waals surface area contributed by atoms with Gasteiger partial charge in [0.2, 0.25) is 0 Å². The van der Waals surface area contributed by atoms with Crippen LogP contribution < -0.4 is 10.1 Å². The highest BCUT2D eigenvalue weighted by molar-refractivity contribution is 6.06. The predicted molar refractivity (Wildman–Crippen MR) is 94.7 cm³/mol. The van der Waals surface area contributed by atoms with E-state index in [0.717, 1.165) is 40.2 Å². The minimum atomic E-state index is -0.103. The largest absolute Gasteiger partial charge is 0.493 e. The third-order valence-electron chi connectivity index (χ3n) is 4.61. The maximum atomic E-state index is 13.0. The topological polar surface area (TPSA) is 69.0 Å². The molecule has 1 atom stereocenters. The van der Waals surface area contributed by atoms with E-state index in [1.54, 1.807) is 4.68 Å². The molecule has 0 fully saturated rings. The summed E-state index contributed by atoms with van der Waals surface area (Å²) in [5, 5.41) is 8.39. The first-order chi connectivity index (χ1) is 12.0. The van der Waals surface area contributed by atoms with Crippen molar-refractivity contribution in [3.8, 4) is 5.75 Å². The Morgan fingerprint density at radius 3 is 2.96 bits per heavy atom. The maximum absolute atomic E-state index is 13.0. The van der Waals surface area contributed by atoms with Gasteiger partial charge >= 0.3 is 0 Å². The van der Waals surface area contributed by atoms with E-state index in [-0.39, 0.29) is 11.9 Å². The Morgan fingerprint density at radius 1 is 1.32 bits per heavy atom. The van der Waals surface area contributed by atoms with Gasteiger partial charge in [-0.1, -0.05) is 18.2 Å². The zero-order valence-electron chi connectivity index (χ0n) is 14.5. The molecule has 0 radical (unpaired) electrons. The van der Waals surface area contributed by atoms with E-state index in [1.165, 1.54) is 0 Å². The van der Waals surface area contributed by atoms with E-state index >= 15 is 0 Å². The highest BCUT2D eigenvalue weighted by atomic mass is 16.5. The lowest BCUT2D eigenvalue weighted by Crippen LogP contribution is -2.32. The van der Waals surface area contributed by atoms with Gasteiger partial charge < -0.3 is 10.1 Å². The van der Waals surface area contributed by atoms with Crippen LogP contribution in [0.25, 0.3) is 11.0 Å². The molecule has 1 aliphatic heterocycles. The lowest BCUT2D eigenvalue weighted by molar-refractivity contribution is 0.0926. The number of hydrogen-bond acceptors (Lipinski definition) is 4. The molecule has 0 saturated heterocycles. The molecule has 1 aliphatic rings. The Hall–Kier alpha value is -2.89. The van der Waals surface area contributed by atoms with Crippen molar-refractivity contribution in [1.82, 2.24) is 20.1 Å². The number of nitrogens with zero attached hydrogens (tertiary/aromatic N) is 3. The molecule has 25 heavy (non-hydrogen) atoms. The Bertz CT molecular complexity index is 977. The molecule has 0 saturated carbocycles. The summed E-state index contributed by atoms with van der Waals surface area (Å²) in [5.74, 6) is 0.737. The van der Waals surface area contributed by atoms with Gasteiger partial charge in [-0.15, -0.1) is 0 Å². The first kappa shape index (κ1) is 15.6. The molecular weight excluding hydrogens is 316 g/mol. The van der Waals surface area contributed by atoms with Gasteiger partial charge in [0.25, 0.3) is 5.91 Å². The number of rotatable bonds is 2. The number of aryl methyl sites for hydroxylation is 3. The van der Waals surface area contributed by atoms with Gasteiger partial charge in [0.1, 0.15) is 5.75 Å². The molecule has 1 amide bonds. The van der Waals surface area contributed by atoms with Crippen LogP contribution in [0.3, 0.4) is 0 Å². The molecule has 128 valence electrons. The van der Waals surface area contributed by atoms with Crippen LogP contribution in [0.5, 0.6) is 5.75 Å². The van der Waals surface area contributed by atoms with E-state index in [2.05, 4.69) is 15.4 Å². The SMILES string of the molecule is Cc1cc(C(=O)N[C@H]2CCOc3ccccc32)c2c(C)nn(C)c2n1. The number of aromatic nitrogens is 3. The second-order valence-electron chi connectivity index (χ2n) is 6.42. The van der Waals surface area contributed by atoms with Crippen LogP contribution in [-0.4, -0.2) is 27.3 Å². The van der Waals surface area contributed by atoms with E-state index in [1.807, 2.05) is 51.2 Å². The highest BCUT2D eigenvalue weighted by Gasteiger charge is 2.25. The summed E-state index contributed by atoms with van der Waals surface area (Å²) >= 11 is 0. The van der Waals surface area contributed by atoms with Crippen LogP contribution in [0.4, 0.5) is 0 Å². The minimum Gasteiger partial charge on any atom is -0.493 e. The molecule has 6 nitrogen and oxygen atoms in total. The number of carbonyl (C=O) groups excluding carboxylic acids is 1. The minimum absolute atomic E-state index is 0.0575. The first-order valence-corrected chi connectivity index (χ1v) is 8.38. The van der Waals surface area contributed by atoms with Crippen LogP contribution in [0.15, 0.2) is 30.3 Å². The summed E-state index contributed by atoms with van der Waals surface area (Å²) in [5.41, 5.74) is 3.98. The fourth-order valence-corrected chi connectivity index (χ4v) is 3.48. The van der Waals surface area contributed by atoms with Crippen LogP contribution in [-0.2, 0) is 7.05 Å². The third-order valence-corrected chi connectivity index (χ3v) is 4.61. The number of hydrogen-bond donors (Lipinski definition) is 1. The number of ether oxygens (including phenoxy) is 1. The van der Waals surface area contributed by atoms with Crippen molar-refractivity contribution in [3.63, 3.8) is 0 Å². The smallest absolute Gasteiger partial charge is 0.252 e. The lowest BCUT2D eigenvalue weighted by atomic mass is 9.99. The molecule has 0 bridgehead atoms. The summed E-state index contributed by atoms with van der Waals surface area (Å²) in [7, 11) is 1.85. The second kappa shape index (κ2) is 5.88. The summed E-state index contributed by atoms with van der Waals surface area (Å²) in [6, 6.07) is 9.62. The fourth-order valence-electron chi connectivity index (χ4n) is 3.48. The molecule has 0 spiro atoms. The Labute approximate surface area is 145 Å². The fraction of sp³-hybridized carbons (Fsp3) is 0.316. The molecule has 1 N–H and O–H groups in total.